The molecule has 2 rings (SSSR count). The number of hydrogen-bond acceptors (Lipinski definition) is 3. The third-order valence-corrected chi connectivity index (χ3v) is 4.27. The molecular weight excluding hydrogens is 288 g/mol. The predicted molar refractivity (Wildman–Crippen MR) is 84.6 cm³/mol. The summed E-state index contributed by atoms with van der Waals surface area (Å²) in [5.41, 5.74) is 1.22. The van der Waals surface area contributed by atoms with E-state index >= 15 is 0 Å². The van der Waals surface area contributed by atoms with E-state index in [9.17, 15) is 9.90 Å². The summed E-state index contributed by atoms with van der Waals surface area (Å²) in [6, 6.07) is 7.42. The van der Waals surface area contributed by atoms with Crippen molar-refractivity contribution >= 4 is 17.6 Å². The van der Waals surface area contributed by atoms with Crippen molar-refractivity contribution in [1.82, 2.24) is 10.2 Å². The topological polar surface area (TPSA) is 52.6 Å². The molecule has 2 atom stereocenters. The highest BCUT2D eigenvalue weighted by Crippen LogP contribution is 2.22. The number of carbonyl (C=O) groups is 1. The molecule has 5 heteroatoms. The Bertz CT molecular complexity index is 464. The Labute approximate surface area is 131 Å². The molecule has 2 unspecified atom stereocenters. The molecule has 116 valence electrons. The molecule has 0 saturated carbocycles. The zero-order valence-corrected chi connectivity index (χ0v) is 13.1. The van der Waals surface area contributed by atoms with E-state index in [1.54, 1.807) is 0 Å². The monoisotopic (exact) mass is 310 g/mol. The van der Waals surface area contributed by atoms with E-state index in [1.807, 2.05) is 31.2 Å². The van der Waals surface area contributed by atoms with Gasteiger partial charge in [-0.3, -0.25) is 9.69 Å². The highest BCUT2D eigenvalue weighted by atomic mass is 35.5. The summed E-state index contributed by atoms with van der Waals surface area (Å²) in [7, 11) is 0. The molecule has 21 heavy (non-hydrogen) atoms. The number of carboxylic acids is 1. The molecule has 0 aromatic heterocycles. The Balaban J connectivity index is 1.96. The maximum atomic E-state index is 11.4. The van der Waals surface area contributed by atoms with Gasteiger partial charge in [0.05, 0.1) is 0 Å². The summed E-state index contributed by atoms with van der Waals surface area (Å²) in [4.78, 5) is 13.7. The van der Waals surface area contributed by atoms with E-state index < -0.39 is 12.0 Å². The number of aliphatic carboxylic acids is 1. The third kappa shape index (κ3) is 4.70. The van der Waals surface area contributed by atoms with Gasteiger partial charge in [0, 0.05) is 18.1 Å². The minimum absolute atomic E-state index is 0.170. The van der Waals surface area contributed by atoms with Crippen LogP contribution in [0, 0.1) is 5.92 Å². The number of nitrogens with one attached hydrogen (secondary N) is 1. The van der Waals surface area contributed by atoms with E-state index in [0.29, 0.717) is 6.54 Å². The molecule has 1 heterocycles. The van der Waals surface area contributed by atoms with Crippen LogP contribution in [0.5, 0.6) is 0 Å². The average molecular weight is 311 g/mol. The Morgan fingerprint density at radius 1 is 1.48 bits per heavy atom. The molecule has 1 saturated heterocycles. The van der Waals surface area contributed by atoms with Crippen LogP contribution in [0.4, 0.5) is 0 Å². The van der Waals surface area contributed by atoms with Crippen LogP contribution in [-0.2, 0) is 11.3 Å². The number of benzene rings is 1. The number of piperidine rings is 1. The zero-order valence-electron chi connectivity index (χ0n) is 12.4. The first-order valence-corrected chi connectivity index (χ1v) is 7.91. The molecule has 4 nitrogen and oxygen atoms in total. The molecule has 0 aliphatic carbocycles. The third-order valence-electron chi connectivity index (χ3n) is 4.02. The summed E-state index contributed by atoms with van der Waals surface area (Å²) in [5, 5.41) is 13.2. The van der Waals surface area contributed by atoms with Crippen molar-refractivity contribution in [1.29, 1.82) is 0 Å². The fourth-order valence-electron chi connectivity index (χ4n) is 3.03. The molecule has 0 radical (unpaired) electrons. The second-order valence-electron chi connectivity index (χ2n) is 5.64. The molecule has 1 aliphatic rings. The van der Waals surface area contributed by atoms with Crippen LogP contribution in [0.2, 0.25) is 5.02 Å². The number of rotatable bonds is 6. The van der Waals surface area contributed by atoms with Gasteiger partial charge in [-0.1, -0.05) is 30.7 Å². The van der Waals surface area contributed by atoms with Crippen LogP contribution in [0.15, 0.2) is 24.3 Å². The van der Waals surface area contributed by atoms with Gasteiger partial charge in [0.25, 0.3) is 0 Å². The standard InChI is InChI=1S/C16H23ClN2O2/c1-2-18-15(16(20)21)13-4-3-9-19(11-13)10-12-5-7-14(17)8-6-12/h5-8,13,15,18H,2-4,9-11H2,1H3,(H,20,21). The van der Waals surface area contributed by atoms with Crippen LogP contribution in [0.3, 0.4) is 0 Å². The fourth-order valence-corrected chi connectivity index (χ4v) is 3.16. The second-order valence-corrected chi connectivity index (χ2v) is 6.07. The Kier molecular flexibility index (Phi) is 6.03. The van der Waals surface area contributed by atoms with Gasteiger partial charge in [0.2, 0.25) is 0 Å². The second kappa shape index (κ2) is 7.78. The summed E-state index contributed by atoms with van der Waals surface area (Å²) < 4.78 is 0. The molecule has 2 N–H and O–H groups in total. The van der Waals surface area contributed by atoms with Crippen molar-refractivity contribution in [2.45, 2.75) is 32.4 Å². The first-order chi connectivity index (χ1) is 10.1. The number of hydrogen-bond donors (Lipinski definition) is 2. The van der Waals surface area contributed by atoms with Crippen LogP contribution >= 0.6 is 11.6 Å². The van der Waals surface area contributed by atoms with Gasteiger partial charge >= 0.3 is 5.97 Å². The van der Waals surface area contributed by atoms with E-state index in [-0.39, 0.29) is 5.92 Å². The molecule has 0 spiro atoms. The Hall–Kier alpha value is -1.10. The number of carboxylic acid groups (broad SMARTS) is 1. The van der Waals surface area contributed by atoms with Gasteiger partial charge in [-0.15, -0.1) is 0 Å². The lowest BCUT2D eigenvalue weighted by molar-refractivity contribution is -0.141. The maximum Gasteiger partial charge on any atom is 0.321 e. The fraction of sp³-hybridized carbons (Fsp3) is 0.562. The highest BCUT2D eigenvalue weighted by Gasteiger charge is 2.31. The van der Waals surface area contributed by atoms with E-state index in [4.69, 9.17) is 11.6 Å². The first-order valence-electron chi connectivity index (χ1n) is 7.53. The minimum atomic E-state index is -0.741. The molecule has 1 aliphatic heterocycles. The van der Waals surface area contributed by atoms with Crippen molar-refractivity contribution < 1.29 is 9.90 Å². The van der Waals surface area contributed by atoms with E-state index in [2.05, 4.69) is 10.2 Å². The molecule has 0 bridgehead atoms. The maximum absolute atomic E-state index is 11.4. The Morgan fingerprint density at radius 3 is 2.81 bits per heavy atom. The van der Waals surface area contributed by atoms with E-state index in [1.165, 1.54) is 5.56 Å². The van der Waals surface area contributed by atoms with Crippen LogP contribution in [-0.4, -0.2) is 41.7 Å². The highest BCUT2D eigenvalue weighted by molar-refractivity contribution is 6.30. The molecule has 1 aromatic rings. The minimum Gasteiger partial charge on any atom is -0.480 e. The predicted octanol–water partition coefficient (Wildman–Crippen LogP) is 2.61. The van der Waals surface area contributed by atoms with Crippen LogP contribution in [0.25, 0.3) is 0 Å². The normalized spacial score (nSPS) is 21.1. The van der Waals surface area contributed by atoms with Crippen molar-refractivity contribution in [2.24, 2.45) is 5.92 Å². The quantitative estimate of drug-likeness (QED) is 0.848. The van der Waals surface area contributed by atoms with Gasteiger partial charge in [-0.05, 0) is 49.5 Å². The average Bonchev–Trinajstić information content (AvgIpc) is 2.47. The van der Waals surface area contributed by atoms with Gasteiger partial charge in [0.1, 0.15) is 6.04 Å². The number of likely N-dealkylation sites (tertiary alicyclic amines) is 1. The van der Waals surface area contributed by atoms with Crippen molar-refractivity contribution in [3.63, 3.8) is 0 Å². The summed E-state index contributed by atoms with van der Waals surface area (Å²) >= 11 is 5.90. The van der Waals surface area contributed by atoms with Gasteiger partial charge in [-0.25, -0.2) is 0 Å². The zero-order chi connectivity index (χ0) is 15.2. The largest absolute Gasteiger partial charge is 0.480 e. The van der Waals surface area contributed by atoms with Crippen molar-refractivity contribution in [2.75, 3.05) is 19.6 Å². The smallest absolute Gasteiger partial charge is 0.321 e. The molecule has 1 fully saturated rings. The number of nitrogens with zero attached hydrogens (tertiary/aromatic N) is 1. The lowest BCUT2D eigenvalue weighted by atomic mass is 9.90. The van der Waals surface area contributed by atoms with Crippen molar-refractivity contribution in [3.8, 4) is 0 Å². The van der Waals surface area contributed by atoms with E-state index in [0.717, 1.165) is 37.5 Å². The SMILES string of the molecule is CCNC(C(=O)O)C1CCCN(Cc2ccc(Cl)cc2)C1. The van der Waals surface area contributed by atoms with Gasteiger partial charge in [0.15, 0.2) is 0 Å². The summed E-state index contributed by atoms with van der Waals surface area (Å²) in [6.45, 7) is 5.34. The lowest BCUT2D eigenvalue weighted by Crippen LogP contribution is -2.49. The molecular formula is C16H23ClN2O2. The Morgan fingerprint density at radius 2 is 2.19 bits per heavy atom. The number of likely N-dealkylation sites (N-methyl/N-ethyl adjacent to an activating group) is 1. The number of halogens is 1. The molecule has 1 aromatic carbocycles. The summed E-state index contributed by atoms with van der Waals surface area (Å²) in [6.07, 6.45) is 2.02. The lowest BCUT2D eigenvalue weighted by Gasteiger charge is -2.35. The van der Waals surface area contributed by atoms with Crippen molar-refractivity contribution in [3.05, 3.63) is 34.9 Å². The van der Waals surface area contributed by atoms with Crippen LogP contribution in [0.1, 0.15) is 25.3 Å². The van der Waals surface area contributed by atoms with Crippen LogP contribution < -0.4 is 5.32 Å². The van der Waals surface area contributed by atoms with Gasteiger partial charge in [-0.2, -0.15) is 0 Å². The molecule has 0 amide bonds. The first kappa shape index (κ1) is 16.3. The van der Waals surface area contributed by atoms with Gasteiger partial charge < -0.3 is 10.4 Å². The summed E-state index contributed by atoms with van der Waals surface area (Å²) in [5.74, 6) is -0.571.